The Bertz CT molecular complexity index is 1280. The summed E-state index contributed by atoms with van der Waals surface area (Å²) in [5.41, 5.74) is 4.13. The number of carbonyl (C=O) groups is 2. The van der Waals surface area contributed by atoms with E-state index >= 15 is 0 Å². The summed E-state index contributed by atoms with van der Waals surface area (Å²) < 4.78 is 16.9. The van der Waals surface area contributed by atoms with Gasteiger partial charge in [-0.1, -0.05) is 18.2 Å². The molecule has 7 heteroatoms. The van der Waals surface area contributed by atoms with Crippen molar-refractivity contribution in [3.8, 4) is 11.5 Å². The molecule has 1 fully saturated rings. The predicted octanol–water partition coefficient (Wildman–Crippen LogP) is 6.49. The van der Waals surface area contributed by atoms with E-state index in [1.807, 2.05) is 43.5 Å². The van der Waals surface area contributed by atoms with Gasteiger partial charge in [0.15, 0.2) is 17.3 Å². The zero-order chi connectivity index (χ0) is 26.8. The molecule has 6 nitrogen and oxygen atoms in total. The fourth-order valence-electron chi connectivity index (χ4n) is 6.12. The van der Waals surface area contributed by atoms with Crippen LogP contribution in [0.4, 0.5) is 0 Å². The van der Waals surface area contributed by atoms with E-state index in [0.29, 0.717) is 35.6 Å². The number of methoxy groups -OCH3 is 2. The number of hydrogen-bond acceptors (Lipinski definition) is 7. The van der Waals surface area contributed by atoms with Crippen LogP contribution in [0.15, 0.2) is 63.6 Å². The molecule has 2 aromatic carbocycles. The summed E-state index contributed by atoms with van der Waals surface area (Å²) in [6, 6.07) is 14.0. The van der Waals surface area contributed by atoms with E-state index in [2.05, 4.69) is 12.1 Å². The number of esters is 1. The second kappa shape index (κ2) is 11.4. The van der Waals surface area contributed by atoms with Gasteiger partial charge in [-0.05, 0) is 86.6 Å². The highest BCUT2D eigenvalue weighted by Crippen LogP contribution is 2.48. The average molecular weight is 534 g/mol. The van der Waals surface area contributed by atoms with Crippen LogP contribution >= 0.6 is 11.8 Å². The van der Waals surface area contributed by atoms with Crippen LogP contribution in [0, 0.1) is 5.92 Å². The van der Waals surface area contributed by atoms with Crippen LogP contribution in [-0.2, 0) is 14.3 Å². The number of hydrogen-bond donors (Lipinski definition) is 0. The number of carbonyl (C=O) groups excluding carboxylic acids is 2. The molecule has 1 aliphatic heterocycles. The highest BCUT2D eigenvalue weighted by atomic mass is 32.2. The molecule has 1 heterocycles. The van der Waals surface area contributed by atoms with E-state index in [0.717, 1.165) is 47.4 Å². The van der Waals surface area contributed by atoms with Crippen molar-refractivity contribution >= 4 is 29.2 Å². The number of ketones is 1. The van der Waals surface area contributed by atoms with E-state index in [4.69, 9.17) is 19.2 Å². The number of rotatable bonds is 7. The lowest BCUT2D eigenvalue weighted by molar-refractivity contribution is -0.151. The van der Waals surface area contributed by atoms with Gasteiger partial charge in [-0.25, -0.2) is 0 Å². The first-order valence-corrected chi connectivity index (χ1v) is 14.5. The normalized spacial score (nSPS) is 23.6. The summed E-state index contributed by atoms with van der Waals surface area (Å²) in [5, 5.41) is 0. The number of benzene rings is 2. The molecule has 3 atom stereocenters. The Morgan fingerprint density at radius 2 is 1.63 bits per heavy atom. The monoisotopic (exact) mass is 533 g/mol. The SMILES string of the molecule is COc1ccc([C@@H]2CC(=O)C3=C(C2)N=C(C)C(C(=O)OC2CCCC2)[C@H]3c2ccc(SC)cc2)cc1OC. The van der Waals surface area contributed by atoms with Crippen molar-refractivity contribution in [3.05, 3.63) is 64.9 Å². The van der Waals surface area contributed by atoms with Gasteiger partial charge in [0.2, 0.25) is 0 Å². The summed E-state index contributed by atoms with van der Waals surface area (Å²) in [6.07, 6.45) is 6.95. The number of ether oxygens (including phenoxy) is 3. The van der Waals surface area contributed by atoms with Crippen molar-refractivity contribution < 1.29 is 23.8 Å². The topological polar surface area (TPSA) is 74.2 Å². The van der Waals surface area contributed by atoms with Crippen LogP contribution < -0.4 is 9.47 Å². The Morgan fingerprint density at radius 1 is 0.947 bits per heavy atom. The highest BCUT2D eigenvalue weighted by Gasteiger charge is 2.45. The zero-order valence-electron chi connectivity index (χ0n) is 22.5. The third-order valence-corrected chi connectivity index (χ3v) is 8.83. The van der Waals surface area contributed by atoms with Crippen LogP contribution in [0.2, 0.25) is 0 Å². The van der Waals surface area contributed by atoms with Crippen molar-refractivity contribution in [3.63, 3.8) is 0 Å². The Morgan fingerprint density at radius 3 is 2.29 bits per heavy atom. The lowest BCUT2D eigenvalue weighted by Crippen LogP contribution is -2.39. The van der Waals surface area contributed by atoms with E-state index in [1.165, 1.54) is 0 Å². The third kappa shape index (κ3) is 5.13. The van der Waals surface area contributed by atoms with Gasteiger partial charge < -0.3 is 14.2 Å². The van der Waals surface area contributed by atoms with E-state index in [1.54, 1.807) is 26.0 Å². The first kappa shape index (κ1) is 26.5. The van der Waals surface area contributed by atoms with Crippen molar-refractivity contribution in [2.24, 2.45) is 10.9 Å². The molecule has 5 rings (SSSR count). The molecule has 1 saturated carbocycles. The number of Topliss-reactive ketones (excluding diaryl/α,β-unsaturated/α-hetero) is 1. The average Bonchev–Trinajstić information content (AvgIpc) is 3.44. The molecule has 0 saturated heterocycles. The Hall–Kier alpha value is -3.06. The fraction of sp³-hybridized carbons (Fsp3) is 0.452. The summed E-state index contributed by atoms with van der Waals surface area (Å²) in [4.78, 5) is 33.5. The first-order chi connectivity index (χ1) is 18.4. The van der Waals surface area contributed by atoms with Crippen LogP contribution in [-0.4, -0.2) is 44.0 Å². The van der Waals surface area contributed by atoms with Gasteiger partial charge in [0.25, 0.3) is 0 Å². The van der Waals surface area contributed by atoms with Crippen molar-refractivity contribution in [2.45, 2.75) is 68.3 Å². The maximum atomic E-state index is 13.9. The molecule has 38 heavy (non-hydrogen) atoms. The molecular weight excluding hydrogens is 498 g/mol. The molecule has 0 radical (unpaired) electrons. The largest absolute Gasteiger partial charge is 0.493 e. The summed E-state index contributed by atoms with van der Waals surface area (Å²) in [5.74, 6) is 0.0453. The van der Waals surface area contributed by atoms with Gasteiger partial charge in [0.1, 0.15) is 12.0 Å². The molecule has 0 bridgehead atoms. The Labute approximate surface area is 228 Å². The van der Waals surface area contributed by atoms with Crippen molar-refractivity contribution in [2.75, 3.05) is 20.5 Å². The smallest absolute Gasteiger partial charge is 0.315 e. The maximum absolute atomic E-state index is 13.9. The zero-order valence-corrected chi connectivity index (χ0v) is 23.3. The van der Waals surface area contributed by atoms with Crippen LogP contribution in [0.3, 0.4) is 0 Å². The van der Waals surface area contributed by atoms with Gasteiger partial charge in [0.05, 0.1) is 14.2 Å². The molecule has 2 aliphatic carbocycles. The van der Waals surface area contributed by atoms with Crippen LogP contribution in [0.5, 0.6) is 11.5 Å². The van der Waals surface area contributed by atoms with Gasteiger partial charge in [-0.2, -0.15) is 0 Å². The number of nitrogens with zero attached hydrogens (tertiary/aromatic N) is 1. The predicted molar refractivity (Wildman–Crippen MR) is 149 cm³/mol. The minimum Gasteiger partial charge on any atom is -0.493 e. The molecular formula is C31H35NO5S. The molecule has 2 aromatic rings. The first-order valence-electron chi connectivity index (χ1n) is 13.3. The summed E-state index contributed by atoms with van der Waals surface area (Å²) in [6.45, 7) is 1.90. The summed E-state index contributed by atoms with van der Waals surface area (Å²) in [7, 11) is 3.22. The van der Waals surface area contributed by atoms with Gasteiger partial charge in [-0.3, -0.25) is 14.6 Å². The molecule has 3 aliphatic rings. The molecule has 1 unspecified atom stereocenters. The van der Waals surface area contributed by atoms with Crippen LogP contribution in [0.25, 0.3) is 0 Å². The highest BCUT2D eigenvalue weighted by molar-refractivity contribution is 7.98. The van der Waals surface area contributed by atoms with Gasteiger partial charge in [0, 0.05) is 34.2 Å². The van der Waals surface area contributed by atoms with E-state index in [9.17, 15) is 9.59 Å². The molecule has 0 spiro atoms. The van der Waals surface area contributed by atoms with Gasteiger partial charge in [-0.15, -0.1) is 11.8 Å². The second-order valence-electron chi connectivity index (χ2n) is 10.3. The maximum Gasteiger partial charge on any atom is 0.315 e. The Balaban J connectivity index is 1.52. The minimum atomic E-state index is -0.601. The van der Waals surface area contributed by atoms with Crippen molar-refractivity contribution in [1.29, 1.82) is 0 Å². The number of aliphatic imine (C=N–C) groups is 1. The standard InChI is InChI=1S/C31H35NO5S/c1-18-28(31(34)37-22-7-5-6-8-22)29(19-9-12-23(38-4)13-10-19)30-24(32-18)15-21(16-25(30)33)20-11-14-26(35-2)27(17-20)36-3/h9-14,17,21-22,28-29H,5-8,15-16H2,1-4H3/t21-,28?,29+/m0/s1. The number of thioether (sulfide) groups is 1. The van der Waals surface area contributed by atoms with Crippen LogP contribution in [0.1, 0.15) is 68.4 Å². The Kier molecular flexibility index (Phi) is 7.93. The molecule has 0 N–H and O–H groups in total. The third-order valence-electron chi connectivity index (χ3n) is 8.08. The van der Waals surface area contributed by atoms with E-state index in [-0.39, 0.29) is 23.8 Å². The fourth-order valence-corrected chi connectivity index (χ4v) is 6.53. The van der Waals surface area contributed by atoms with E-state index < -0.39 is 11.8 Å². The lowest BCUT2D eigenvalue weighted by atomic mass is 9.69. The minimum absolute atomic E-state index is 0.0286. The molecule has 200 valence electrons. The number of allylic oxidation sites excluding steroid dienone is 2. The summed E-state index contributed by atoms with van der Waals surface area (Å²) >= 11 is 1.67. The molecule has 0 aromatic heterocycles. The van der Waals surface area contributed by atoms with Crippen molar-refractivity contribution in [1.82, 2.24) is 0 Å². The lowest BCUT2D eigenvalue weighted by Gasteiger charge is -2.37. The second-order valence-corrected chi connectivity index (χ2v) is 11.2. The van der Waals surface area contributed by atoms with Gasteiger partial charge >= 0.3 is 5.97 Å². The molecule has 0 amide bonds. The quantitative estimate of drug-likeness (QED) is 0.299.